The van der Waals surface area contributed by atoms with Crippen LogP contribution in [0.5, 0.6) is 11.5 Å². The number of carbonyl (C=O) groups is 1. The molecule has 4 heteroatoms. The van der Waals surface area contributed by atoms with Crippen LogP contribution in [-0.4, -0.2) is 5.91 Å². The number of ether oxygens (including phenoxy) is 1. The molecule has 0 saturated carbocycles. The topological polar surface area (TPSA) is 38.3 Å². The van der Waals surface area contributed by atoms with Gasteiger partial charge in [-0.1, -0.05) is 107 Å². The van der Waals surface area contributed by atoms with Gasteiger partial charge in [0.1, 0.15) is 11.5 Å². The van der Waals surface area contributed by atoms with Gasteiger partial charge in [-0.3, -0.25) is 4.79 Å². The Kier molecular flexibility index (Phi) is 10.8. The summed E-state index contributed by atoms with van der Waals surface area (Å²) in [4.78, 5) is 13.6. The Morgan fingerprint density at radius 2 is 1.44 bits per heavy atom. The SMILES string of the molecule is CC(C)(C)c1ccc([CH-]CCCCCc2ccccc2)cc1NC(=O)CC1c2ccccc2Oc2ccccc21.[Na+]. The summed E-state index contributed by atoms with van der Waals surface area (Å²) < 4.78 is 6.14. The largest absolute Gasteiger partial charge is 1.00 e. The smallest absolute Gasteiger partial charge is 0.457 e. The average molecular weight is 554 g/mol. The van der Waals surface area contributed by atoms with E-state index in [2.05, 4.69) is 93.2 Å². The quantitative estimate of drug-likeness (QED) is 0.136. The van der Waals surface area contributed by atoms with Crippen LogP contribution in [0.1, 0.15) is 86.6 Å². The first-order valence-corrected chi connectivity index (χ1v) is 14.6. The first kappa shape index (κ1) is 31.0. The van der Waals surface area contributed by atoms with Gasteiger partial charge in [0.25, 0.3) is 0 Å². The number of benzene rings is 4. The Balaban J connectivity index is 0.00000387. The zero-order chi connectivity index (χ0) is 28.0. The van der Waals surface area contributed by atoms with Crippen LogP contribution in [0.2, 0.25) is 0 Å². The van der Waals surface area contributed by atoms with E-state index >= 15 is 0 Å². The van der Waals surface area contributed by atoms with Crippen LogP contribution in [0.25, 0.3) is 0 Å². The molecule has 3 nitrogen and oxygen atoms in total. The normalized spacial score (nSPS) is 12.4. The number of fused-ring (bicyclic) bond motifs is 2. The number of para-hydroxylation sites is 2. The van der Waals surface area contributed by atoms with E-state index in [9.17, 15) is 4.79 Å². The summed E-state index contributed by atoms with van der Waals surface area (Å²) in [5.74, 6) is 1.62. The van der Waals surface area contributed by atoms with Crippen LogP contribution in [0.15, 0.2) is 97.1 Å². The van der Waals surface area contributed by atoms with E-state index < -0.39 is 0 Å². The predicted octanol–water partition coefficient (Wildman–Crippen LogP) is 6.61. The molecule has 1 N–H and O–H groups in total. The number of hydrogen-bond donors (Lipinski definition) is 1. The van der Waals surface area contributed by atoms with Crippen molar-refractivity contribution in [3.8, 4) is 11.5 Å². The molecule has 1 aliphatic rings. The fourth-order valence-electron chi connectivity index (χ4n) is 5.63. The molecule has 0 atom stereocenters. The fraction of sp³-hybridized carbons (Fsp3) is 0.297. The Morgan fingerprint density at radius 3 is 2.10 bits per heavy atom. The fourth-order valence-corrected chi connectivity index (χ4v) is 5.63. The van der Waals surface area contributed by atoms with Crippen molar-refractivity contribution < 1.29 is 39.1 Å². The molecule has 0 bridgehead atoms. The van der Waals surface area contributed by atoms with Crippen LogP contribution in [0.4, 0.5) is 5.69 Å². The maximum atomic E-state index is 13.6. The predicted molar refractivity (Wildman–Crippen MR) is 165 cm³/mol. The Morgan fingerprint density at radius 1 is 0.805 bits per heavy atom. The molecule has 0 aliphatic carbocycles. The molecule has 206 valence electrons. The van der Waals surface area contributed by atoms with Crippen LogP contribution < -0.4 is 39.6 Å². The van der Waals surface area contributed by atoms with E-state index in [0.29, 0.717) is 6.42 Å². The summed E-state index contributed by atoms with van der Waals surface area (Å²) in [6, 6.07) is 33.3. The van der Waals surface area contributed by atoms with E-state index in [0.717, 1.165) is 58.7 Å². The Bertz CT molecular complexity index is 1400. The minimum Gasteiger partial charge on any atom is -0.457 e. The molecule has 4 aromatic rings. The van der Waals surface area contributed by atoms with Crippen molar-refractivity contribution in [3.05, 3.63) is 131 Å². The molecular formula is C37H40NNaO2. The number of anilines is 1. The number of aryl methyl sites for hydroxylation is 1. The van der Waals surface area contributed by atoms with E-state index in [1.165, 1.54) is 18.4 Å². The van der Waals surface area contributed by atoms with E-state index in [4.69, 9.17) is 4.74 Å². The standard InChI is InChI=1S/C37H40NO2.Na/c1-37(2,3)32-24-23-28(18-8-5-4-7-15-27-16-9-6-10-17-27)25-33(32)38-36(39)26-31-29-19-11-13-21-34(29)40-35-22-14-12-20-30(31)35;/h6,9-14,16-25,31H,4-5,7-8,15,26H2,1-3H3,(H,38,39);/q-1;+1. The van der Waals surface area contributed by atoms with Gasteiger partial charge < -0.3 is 10.1 Å². The molecule has 0 aromatic heterocycles. The third kappa shape index (κ3) is 8.07. The molecule has 41 heavy (non-hydrogen) atoms. The number of hydrogen-bond acceptors (Lipinski definition) is 2. The van der Waals surface area contributed by atoms with Crippen LogP contribution in [-0.2, 0) is 16.6 Å². The average Bonchev–Trinajstić information content (AvgIpc) is 2.95. The maximum absolute atomic E-state index is 13.6. The summed E-state index contributed by atoms with van der Waals surface area (Å²) in [5, 5.41) is 3.30. The molecule has 4 aromatic carbocycles. The zero-order valence-electron chi connectivity index (χ0n) is 25.0. The van der Waals surface area contributed by atoms with E-state index in [1.807, 2.05) is 36.4 Å². The second-order valence-electron chi connectivity index (χ2n) is 11.8. The van der Waals surface area contributed by atoms with Crippen LogP contribution >= 0.6 is 0 Å². The number of rotatable bonds is 10. The Labute approximate surface area is 268 Å². The summed E-state index contributed by atoms with van der Waals surface area (Å²) >= 11 is 0. The van der Waals surface area contributed by atoms with Gasteiger partial charge in [0, 0.05) is 23.5 Å². The molecule has 0 radical (unpaired) electrons. The van der Waals surface area contributed by atoms with Crippen LogP contribution in [0.3, 0.4) is 0 Å². The van der Waals surface area contributed by atoms with Gasteiger partial charge in [-0.05, 0) is 47.2 Å². The number of amides is 1. The summed E-state index contributed by atoms with van der Waals surface area (Å²) in [6.45, 7) is 6.58. The second kappa shape index (κ2) is 14.3. The minimum absolute atomic E-state index is 0. The van der Waals surface area contributed by atoms with Crippen LogP contribution in [0, 0.1) is 6.42 Å². The number of carbonyl (C=O) groups excluding carboxylic acids is 1. The van der Waals surface area contributed by atoms with Crippen molar-refractivity contribution >= 4 is 11.6 Å². The molecule has 0 spiro atoms. The summed E-state index contributed by atoms with van der Waals surface area (Å²) in [5.41, 5.74) is 6.66. The molecule has 0 fully saturated rings. The molecule has 5 rings (SSSR count). The summed E-state index contributed by atoms with van der Waals surface area (Å²) in [6.07, 6.45) is 8.42. The van der Waals surface area contributed by atoms with Crippen molar-refractivity contribution in [2.45, 2.75) is 70.6 Å². The van der Waals surface area contributed by atoms with Crippen molar-refractivity contribution in [2.24, 2.45) is 0 Å². The zero-order valence-corrected chi connectivity index (χ0v) is 27.0. The third-order valence-corrected chi connectivity index (χ3v) is 7.72. The van der Waals surface area contributed by atoms with Gasteiger partial charge in [-0.15, -0.1) is 12.1 Å². The molecule has 0 unspecified atom stereocenters. The number of unbranched alkanes of at least 4 members (excludes halogenated alkanes) is 3. The maximum Gasteiger partial charge on any atom is 1.00 e. The van der Waals surface area contributed by atoms with Crippen molar-refractivity contribution in [2.75, 3.05) is 5.32 Å². The van der Waals surface area contributed by atoms with Gasteiger partial charge in [0.05, 0.1) is 0 Å². The van der Waals surface area contributed by atoms with Crippen molar-refractivity contribution in [1.29, 1.82) is 0 Å². The van der Waals surface area contributed by atoms with E-state index in [1.54, 1.807) is 0 Å². The van der Waals surface area contributed by atoms with Gasteiger partial charge >= 0.3 is 29.6 Å². The van der Waals surface area contributed by atoms with Gasteiger partial charge in [0.15, 0.2) is 0 Å². The van der Waals surface area contributed by atoms with Gasteiger partial charge in [0.2, 0.25) is 5.91 Å². The monoisotopic (exact) mass is 553 g/mol. The third-order valence-electron chi connectivity index (χ3n) is 7.72. The first-order valence-electron chi connectivity index (χ1n) is 14.6. The molecule has 1 heterocycles. The van der Waals surface area contributed by atoms with E-state index in [-0.39, 0.29) is 46.8 Å². The van der Waals surface area contributed by atoms with Crippen molar-refractivity contribution in [1.82, 2.24) is 0 Å². The molecule has 0 saturated heterocycles. The first-order chi connectivity index (χ1) is 19.4. The minimum atomic E-state index is -0.0868. The van der Waals surface area contributed by atoms with Crippen molar-refractivity contribution in [3.63, 3.8) is 0 Å². The summed E-state index contributed by atoms with van der Waals surface area (Å²) in [7, 11) is 0. The molecule has 1 amide bonds. The van der Waals surface area contributed by atoms with Gasteiger partial charge in [-0.25, -0.2) is 0 Å². The van der Waals surface area contributed by atoms with Gasteiger partial charge in [-0.2, -0.15) is 18.1 Å². The Hall–Kier alpha value is -2.98. The second-order valence-corrected chi connectivity index (χ2v) is 11.8. The molecular weight excluding hydrogens is 513 g/mol. The number of nitrogens with one attached hydrogen (secondary N) is 1. The molecule has 1 aliphatic heterocycles.